The zero-order valence-corrected chi connectivity index (χ0v) is 14.7. The minimum absolute atomic E-state index is 0.0587. The molecule has 0 saturated carbocycles. The van der Waals surface area contributed by atoms with E-state index in [2.05, 4.69) is 15.5 Å². The quantitative estimate of drug-likeness (QED) is 0.718. The number of ether oxygens (including phenoxy) is 1. The lowest BCUT2D eigenvalue weighted by Crippen LogP contribution is -2.24. The predicted molar refractivity (Wildman–Crippen MR) is 91.8 cm³/mol. The number of hydrogen-bond donors (Lipinski definition) is 1. The van der Waals surface area contributed by atoms with Crippen LogP contribution < -0.4 is 10.1 Å². The number of methoxy groups -OCH3 is 1. The van der Waals surface area contributed by atoms with Crippen LogP contribution >= 0.6 is 34.5 Å². The Labute approximate surface area is 151 Å². The van der Waals surface area contributed by atoms with Crippen molar-refractivity contribution in [2.24, 2.45) is 0 Å². The number of carbonyl (C=O) groups excluding carboxylic acids is 1. The number of hydrogen-bond acceptors (Lipinski definition) is 6. The van der Waals surface area contributed by atoms with E-state index in [1.165, 1.54) is 24.5 Å². The molecule has 9 heteroatoms. The number of rotatable bonds is 5. The van der Waals surface area contributed by atoms with Gasteiger partial charge in [0.25, 0.3) is 5.91 Å². The Morgan fingerprint density at radius 3 is 2.83 bits per heavy atom. The largest absolute Gasteiger partial charge is 0.494 e. The second-order valence-electron chi connectivity index (χ2n) is 4.61. The first-order valence-electron chi connectivity index (χ1n) is 6.76. The van der Waals surface area contributed by atoms with Crippen molar-refractivity contribution >= 4 is 40.4 Å². The van der Waals surface area contributed by atoms with Crippen molar-refractivity contribution in [2.75, 3.05) is 7.11 Å². The molecule has 0 atom stereocenters. The highest BCUT2D eigenvalue weighted by Crippen LogP contribution is 2.33. The zero-order valence-electron chi connectivity index (χ0n) is 12.4. The van der Waals surface area contributed by atoms with Crippen molar-refractivity contribution < 1.29 is 14.1 Å². The van der Waals surface area contributed by atoms with E-state index in [0.717, 1.165) is 4.88 Å². The Morgan fingerprint density at radius 1 is 1.33 bits per heavy atom. The summed E-state index contributed by atoms with van der Waals surface area (Å²) in [6.07, 6.45) is 0. The molecule has 1 amide bonds. The molecule has 0 unspecified atom stereocenters. The summed E-state index contributed by atoms with van der Waals surface area (Å²) < 4.78 is 10.3. The molecular formula is C15H11Cl2N3O3S. The summed E-state index contributed by atoms with van der Waals surface area (Å²) in [5.41, 5.74) is 0.157. The highest BCUT2D eigenvalue weighted by atomic mass is 35.5. The topological polar surface area (TPSA) is 77.2 Å². The van der Waals surface area contributed by atoms with Crippen LogP contribution in [-0.4, -0.2) is 23.2 Å². The first-order chi connectivity index (χ1) is 11.6. The van der Waals surface area contributed by atoms with Crippen LogP contribution in [0.4, 0.5) is 0 Å². The average Bonchev–Trinajstić information content (AvgIpc) is 3.25. The van der Waals surface area contributed by atoms with E-state index >= 15 is 0 Å². The van der Waals surface area contributed by atoms with E-state index in [4.69, 9.17) is 32.5 Å². The molecule has 124 valence electrons. The van der Waals surface area contributed by atoms with Gasteiger partial charge in [0, 0.05) is 0 Å². The van der Waals surface area contributed by atoms with E-state index in [1.54, 1.807) is 6.07 Å². The molecule has 2 heterocycles. The molecule has 1 N–H and O–H groups in total. The van der Waals surface area contributed by atoms with Gasteiger partial charge in [-0.3, -0.25) is 4.79 Å². The Balaban J connectivity index is 1.74. The van der Waals surface area contributed by atoms with E-state index in [1.807, 2.05) is 17.5 Å². The molecule has 3 rings (SSSR count). The molecule has 0 aliphatic rings. The number of carbonyl (C=O) groups is 1. The number of halogens is 2. The van der Waals surface area contributed by atoms with Crippen LogP contribution in [0.1, 0.15) is 16.2 Å². The second kappa shape index (κ2) is 7.21. The Kier molecular flexibility index (Phi) is 5.03. The van der Waals surface area contributed by atoms with Crippen molar-refractivity contribution in [3.05, 3.63) is 51.1 Å². The van der Waals surface area contributed by atoms with Gasteiger partial charge in [0.15, 0.2) is 5.75 Å². The summed E-state index contributed by atoms with van der Waals surface area (Å²) in [7, 11) is 1.42. The van der Waals surface area contributed by atoms with Crippen molar-refractivity contribution in [3.8, 4) is 16.5 Å². The van der Waals surface area contributed by atoms with E-state index in [0.29, 0.717) is 10.8 Å². The number of amides is 1. The maximum absolute atomic E-state index is 12.4. The summed E-state index contributed by atoms with van der Waals surface area (Å²) >= 11 is 13.6. The van der Waals surface area contributed by atoms with E-state index in [-0.39, 0.29) is 28.8 Å². The van der Waals surface area contributed by atoms with Crippen LogP contribution in [0.3, 0.4) is 0 Å². The fraction of sp³-hybridized carbons (Fsp3) is 0.133. The first-order valence-corrected chi connectivity index (χ1v) is 8.40. The maximum atomic E-state index is 12.4. The van der Waals surface area contributed by atoms with Crippen molar-refractivity contribution in [3.63, 3.8) is 0 Å². The SMILES string of the molecule is COc1c(Cl)ccc(Cl)c1C(=O)NCc1nc(-c2cccs2)no1. The summed E-state index contributed by atoms with van der Waals surface area (Å²) in [5.74, 6) is 0.526. The summed E-state index contributed by atoms with van der Waals surface area (Å²) in [6, 6.07) is 6.87. The molecule has 0 bridgehead atoms. The minimum atomic E-state index is -0.449. The van der Waals surface area contributed by atoms with Crippen molar-refractivity contribution in [1.29, 1.82) is 0 Å². The third-order valence-corrected chi connectivity index (χ3v) is 4.58. The highest BCUT2D eigenvalue weighted by molar-refractivity contribution is 7.13. The molecule has 0 aliphatic carbocycles. The highest BCUT2D eigenvalue weighted by Gasteiger charge is 2.20. The number of aromatic nitrogens is 2. The molecule has 0 aliphatic heterocycles. The van der Waals surface area contributed by atoms with Gasteiger partial charge in [0.05, 0.1) is 28.6 Å². The lowest BCUT2D eigenvalue weighted by molar-refractivity contribution is 0.0943. The third-order valence-electron chi connectivity index (χ3n) is 3.10. The van der Waals surface area contributed by atoms with Gasteiger partial charge in [-0.1, -0.05) is 34.4 Å². The van der Waals surface area contributed by atoms with Gasteiger partial charge in [-0.05, 0) is 23.6 Å². The summed E-state index contributed by atoms with van der Waals surface area (Å²) in [6.45, 7) is 0.0587. The molecule has 0 radical (unpaired) electrons. The van der Waals surface area contributed by atoms with Crippen LogP contribution in [0.25, 0.3) is 10.7 Å². The molecule has 2 aromatic heterocycles. The first kappa shape index (κ1) is 16.8. The van der Waals surface area contributed by atoms with Gasteiger partial charge in [0.1, 0.15) is 5.56 Å². The number of benzene rings is 1. The van der Waals surface area contributed by atoms with Crippen molar-refractivity contribution in [1.82, 2.24) is 15.5 Å². The van der Waals surface area contributed by atoms with E-state index in [9.17, 15) is 4.79 Å². The lowest BCUT2D eigenvalue weighted by atomic mass is 10.2. The number of nitrogens with zero attached hydrogens (tertiary/aromatic N) is 2. The normalized spacial score (nSPS) is 10.6. The summed E-state index contributed by atoms with van der Waals surface area (Å²) in [5, 5.41) is 8.99. The van der Waals surface area contributed by atoms with Gasteiger partial charge >= 0.3 is 0 Å². The van der Waals surface area contributed by atoms with E-state index < -0.39 is 5.91 Å². The van der Waals surface area contributed by atoms with Gasteiger partial charge in [0.2, 0.25) is 11.7 Å². The zero-order chi connectivity index (χ0) is 17.1. The van der Waals surface area contributed by atoms with Gasteiger partial charge in [-0.15, -0.1) is 11.3 Å². The Morgan fingerprint density at radius 2 is 2.12 bits per heavy atom. The average molecular weight is 384 g/mol. The molecule has 0 saturated heterocycles. The molecule has 6 nitrogen and oxygen atoms in total. The minimum Gasteiger partial charge on any atom is -0.494 e. The lowest BCUT2D eigenvalue weighted by Gasteiger charge is -2.11. The number of thiophene rings is 1. The standard InChI is InChI=1S/C15H11Cl2N3O3S/c1-22-13-9(17)5-4-8(16)12(13)15(21)18-7-11-19-14(20-23-11)10-3-2-6-24-10/h2-6H,7H2,1H3,(H,18,21). The molecule has 3 aromatic rings. The van der Waals surface area contributed by atoms with Gasteiger partial charge in [-0.2, -0.15) is 4.98 Å². The smallest absolute Gasteiger partial charge is 0.257 e. The van der Waals surface area contributed by atoms with Crippen LogP contribution in [0, 0.1) is 0 Å². The monoisotopic (exact) mass is 383 g/mol. The van der Waals surface area contributed by atoms with Gasteiger partial charge in [-0.25, -0.2) is 0 Å². The number of nitrogens with one attached hydrogen (secondary N) is 1. The van der Waals surface area contributed by atoms with Crippen LogP contribution in [-0.2, 0) is 6.54 Å². The molecule has 0 fully saturated rings. The predicted octanol–water partition coefficient (Wildman–Crippen LogP) is 4.04. The third kappa shape index (κ3) is 3.38. The second-order valence-corrected chi connectivity index (χ2v) is 6.37. The summed E-state index contributed by atoms with van der Waals surface area (Å²) in [4.78, 5) is 17.5. The fourth-order valence-electron chi connectivity index (χ4n) is 2.02. The Bertz CT molecular complexity index is 865. The maximum Gasteiger partial charge on any atom is 0.257 e. The van der Waals surface area contributed by atoms with Crippen molar-refractivity contribution in [2.45, 2.75) is 6.54 Å². The molecule has 24 heavy (non-hydrogen) atoms. The Hall–Kier alpha value is -2.09. The molecular weight excluding hydrogens is 373 g/mol. The van der Waals surface area contributed by atoms with Crippen LogP contribution in [0.5, 0.6) is 5.75 Å². The fourth-order valence-corrected chi connectivity index (χ4v) is 3.14. The molecule has 0 spiro atoms. The van der Waals surface area contributed by atoms with Crippen LogP contribution in [0.2, 0.25) is 10.0 Å². The molecule has 1 aromatic carbocycles. The van der Waals surface area contributed by atoms with Gasteiger partial charge < -0.3 is 14.6 Å². The van der Waals surface area contributed by atoms with Crippen LogP contribution in [0.15, 0.2) is 34.2 Å².